The largest absolute Gasteiger partial charge is 0.482 e. The van der Waals surface area contributed by atoms with Crippen LogP contribution in [0.15, 0.2) is 77.9 Å². The highest BCUT2D eigenvalue weighted by Gasteiger charge is 2.23. The van der Waals surface area contributed by atoms with Gasteiger partial charge in [-0.1, -0.05) is 73.1 Å². The topological polar surface area (TPSA) is 99.6 Å². The Bertz CT molecular complexity index is 1650. The van der Waals surface area contributed by atoms with E-state index in [1.807, 2.05) is 30.3 Å². The summed E-state index contributed by atoms with van der Waals surface area (Å²) in [5, 5.41) is 16.8. The van der Waals surface area contributed by atoms with Gasteiger partial charge in [-0.15, -0.1) is 0 Å². The normalized spacial score (nSPS) is 14.2. The standard InChI is InChI=1S/C28H23Br3N4O4/c29-20-9-10-24-22(13-20)28(36)34(27(33-24)18-4-2-1-3-5-18)32-15-17-6-11-26(25(12-17)35(37)38)39-16-19-7-8-21(30)14-23(19)31/h6-15,18H,1-5,16H2. The number of hydrogen-bond acceptors (Lipinski definition) is 6. The van der Waals surface area contributed by atoms with Crippen LogP contribution in [0.25, 0.3) is 10.9 Å². The van der Waals surface area contributed by atoms with Crippen LogP contribution in [0.3, 0.4) is 0 Å². The number of aromatic nitrogens is 2. The number of ether oxygens (including phenoxy) is 1. The maximum atomic E-state index is 13.5. The van der Waals surface area contributed by atoms with Crippen molar-refractivity contribution in [2.45, 2.75) is 44.6 Å². The molecule has 0 N–H and O–H groups in total. The molecule has 0 unspecified atom stereocenters. The zero-order valence-corrected chi connectivity index (χ0v) is 25.4. The summed E-state index contributed by atoms with van der Waals surface area (Å²) in [7, 11) is 0. The molecule has 0 radical (unpaired) electrons. The molecule has 39 heavy (non-hydrogen) atoms. The molecule has 0 amide bonds. The molecule has 1 saturated carbocycles. The molecule has 4 aromatic rings. The first-order chi connectivity index (χ1) is 18.8. The van der Waals surface area contributed by atoms with Gasteiger partial charge in [-0.05, 0) is 55.3 Å². The van der Waals surface area contributed by atoms with Crippen LogP contribution in [0.5, 0.6) is 5.75 Å². The number of halogens is 3. The van der Waals surface area contributed by atoms with Crippen molar-refractivity contribution >= 4 is 70.6 Å². The SMILES string of the molecule is O=c1c2cc(Br)ccc2nc(C2CCCCC2)n1N=Cc1ccc(OCc2ccc(Br)cc2Br)c([N+](=O)[O-])c1. The lowest BCUT2D eigenvalue weighted by Gasteiger charge is -2.22. The first kappa shape index (κ1) is 27.7. The van der Waals surface area contributed by atoms with Crippen LogP contribution in [0.4, 0.5) is 5.69 Å². The molecule has 1 heterocycles. The van der Waals surface area contributed by atoms with Gasteiger partial charge in [0.15, 0.2) is 5.75 Å². The summed E-state index contributed by atoms with van der Waals surface area (Å²) in [5.41, 5.74) is 1.49. The minimum atomic E-state index is -0.488. The molecule has 0 atom stereocenters. The molecule has 8 nitrogen and oxygen atoms in total. The zero-order chi connectivity index (χ0) is 27.5. The van der Waals surface area contributed by atoms with Crippen LogP contribution in [-0.2, 0) is 6.61 Å². The van der Waals surface area contributed by atoms with Crippen LogP contribution in [0.1, 0.15) is 55.0 Å². The van der Waals surface area contributed by atoms with Gasteiger partial charge < -0.3 is 4.74 Å². The van der Waals surface area contributed by atoms with Gasteiger partial charge in [0, 0.05) is 36.5 Å². The summed E-state index contributed by atoms with van der Waals surface area (Å²) in [4.78, 5) is 29.7. The summed E-state index contributed by atoms with van der Waals surface area (Å²) in [6, 6.07) is 15.7. The number of nitrogens with zero attached hydrogens (tertiary/aromatic N) is 4. The molecule has 1 aromatic heterocycles. The van der Waals surface area contributed by atoms with Gasteiger partial charge in [-0.2, -0.15) is 9.78 Å². The molecule has 1 aliphatic rings. The molecule has 0 saturated heterocycles. The van der Waals surface area contributed by atoms with Gasteiger partial charge in [0.25, 0.3) is 5.56 Å². The van der Waals surface area contributed by atoms with Crippen molar-refractivity contribution in [2.24, 2.45) is 5.10 Å². The van der Waals surface area contributed by atoms with Gasteiger partial charge >= 0.3 is 5.69 Å². The van der Waals surface area contributed by atoms with Crippen molar-refractivity contribution in [1.82, 2.24) is 9.66 Å². The Balaban J connectivity index is 1.48. The highest BCUT2D eigenvalue weighted by atomic mass is 79.9. The van der Waals surface area contributed by atoms with Crippen LogP contribution in [-0.4, -0.2) is 20.8 Å². The van der Waals surface area contributed by atoms with E-state index < -0.39 is 4.92 Å². The highest BCUT2D eigenvalue weighted by molar-refractivity contribution is 9.11. The van der Waals surface area contributed by atoms with Crippen LogP contribution in [0, 0.1) is 10.1 Å². The lowest BCUT2D eigenvalue weighted by molar-refractivity contribution is -0.385. The van der Waals surface area contributed by atoms with Gasteiger partial charge in [0.1, 0.15) is 12.4 Å². The van der Waals surface area contributed by atoms with Gasteiger partial charge in [-0.3, -0.25) is 14.9 Å². The lowest BCUT2D eigenvalue weighted by Crippen LogP contribution is -2.25. The third kappa shape index (κ3) is 6.31. The summed E-state index contributed by atoms with van der Waals surface area (Å²) in [6.07, 6.45) is 6.66. The molecule has 0 spiro atoms. The first-order valence-corrected chi connectivity index (χ1v) is 14.8. The molecule has 200 valence electrons. The van der Waals surface area contributed by atoms with E-state index in [1.54, 1.807) is 18.2 Å². The van der Waals surface area contributed by atoms with Crippen molar-refractivity contribution < 1.29 is 9.66 Å². The quantitative estimate of drug-likeness (QED) is 0.109. The predicted octanol–water partition coefficient (Wildman–Crippen LogP) is 8.10. The summed E-state index contributed by atoms with van der Waals surface area (Å²) < 4.78 is 9.67. The summed E-state index contributed by atoms with van der Waals surface area (Å²) in [5.74, 6) is 0.893. The maximum absolute atomic E-state index is 13.5. The van der Waals surface area contributed by atoms with E-state index in [9.17, 15) is 14.9 Å². The average molecular weight is 719 g/mol. The Kier molecular flexibility index (Phi) is 8.58. The van der Waals surface area contributed by atoms with Crippen molar-refractivity contribution in [1.29, 1.82) is 0 Å². The predicted molar refractivity (Wildman–Crippen MR) is 162 cm³/mol. The number of fused-ring (bicyclic) bond motifs is 1. The number of rotatable bonds is 7. The van der Waals surface area contributed by atoms with Crippen molar-refractivity contribution in [3.63, 3.8) is 0 Å². The van der Waals surface area contributed by atoms with E-state index in [1.165, 1.54) is 23.4 Å². The van der Waals surface area contributed by atoms with Crippen LogP contribution >= 0.6 is 47.8 Å². The number of hydrogen-bond donors (Lipinski definition) is 0. The molecule has 11 heteroatoms. The minimum Gasteiger partial charge on any atom is -0.482 e. The Hall–Kier alpha value is -2.89. The van der Waals surface area contributed by atoms with Gasteiger partial charge in [-0.25, -0.2) is 4.98 Å². The second-order valence-corrected chi connectivity index (χ2v) is 12.0. The second-order valence-electron chi connectivity index (χ2n) is 9.34. The number of nitro groups is 1. The third-order valence-corrected chi connectivity index (χ3v) is 8.43. The first-order valence-electron chi connectivity index (χ1n) is 12.4. The van der Waals surface area contributed by atoms with Crippen LogP contribution < -0.4 is 10.3 Å². The highest BCUT2D eigenvalue weighted by Crippen LogP contribution is 2.33. The van der Waals surface area contributed by atoms with Crippen molar-refractivity contribution in [2.75, 3.05) is 0 Å². The molecule has 0 bridgehead atoms. The Morgan fingerprint density at radius 1 is 1.03 bits per heavy atom. The van der Waals surface area contributed by atoms with E-state index in [4.69, 9.17) is 9.72 Å². The van der Waals surface area contributed by atoms with Gasteiger partial charge in [0.2, 0.25) is 0 Å². The fourth-order valence-corrected chi connectivity index (χ4v) is 6.22. The molecule has 3 aromatic carbocycles. The molecular weight excluding hydrogens is 696 g/mol. The zero-order valence-electron chi connectivity index (χ0n) is 20.6. The van der Waals surface area contributed by atoms with E-state index >= 15 is 0 Å². The average Bonchev–Trinajstić information content (AvgIpc) is 2.93. The van der Waals surface area contributed by atoms with Gasteiger partial charge in [0.05, 0.1) is 22.0 Å². The van der Waals surface area contributed by atoms with E-state index in [0.717, 1.165) is 44.7 Å². The monoisotopic (exact) mass is 716 g/mol. The fraction of sp³-hybridized carbons (Fsp3) is 0.250. The Morgan fingerprint density at radius 3 is 2.51 bits per heavy atom. The number of nitro benzene ring substituents is 1. The molecule has 0 aliphatic heterocycles. The Labute approximate surface area is 249 Å². The van der Waals surface area contributed by atoms with Crippen LogP contribution in [0.2, 0.25) is 0 Å². The van der Waals surface area contributed by atoms with E-state index in [0.29, 0.717) is 22.3 Å². The van der Waals surface area contributed by atoms with E-state index in [-0.39, 0.29) is 29.5 Å². The van der Waals surface area contributed by atoms with E-state index in [2.05, 4.69) is 52.9 Å². The Morgan fingerprint density at radius 2 is 1.77 bits per heavy atom. The molecule has 1 fully saturated rings. The fourth-order valence-electron chi connectivity index (χ4n) is 4.70. The van der Waals surface area contributed by atoms with Crippen molar-refractivity contribution in [3.8, 4) is 5.75 Å². The molecule has 5 rings (SSSR count). The molecule has 1 aliphatic carbocycles. The molecular formula is C28H23Br3N4O4. The minimum absolute atomic E-state index is 0.125. The third-order valence-electron chi connectivity index (χ3n) is 6.70. The maximum Gasteiger partial charge on any atom is 0.311 e. The summed E-state index contributed by atoms with van der Waals surface area (Å²) in [6.45, 7) is 0.153. The smallest absolute Gasteiger partial charge is 0.311 e. The number of benzene rings is 3. The van der Waals surface area contributed by atoms with Crippen molar-refractivity contribution in [3.05, 3.63) is 105 Å². The lowest BCUT2D eigenvalue weighted by atomic mass is 9.88. The summed E-state index contributed by atoms with van der Waals surface area (Å²) >= 11 is 10.3. The second kappa shape index (κ2) is 12.1.